The zero-order valence-corrected chi connectivity index (χ0v) is 12.7. The summed E-state index contributed by atoms with van der Waals surface area (Å²) in [6, 6.07) is 5.44. The number of hydrogen-bond donors (Lipinski definition) is 2. The lowest BCUT2D eigenvalue weighted by Crippen LogP contribution is -2.24. The molecule has 2 N–H and O–H groups in total. The second-order valence-electron chi connectivity index (χ2n) is 4.28. The first-order valence-electron chi connectivity index (χ1n) is 6.45. The molecule has 0 amide bonds. The Hall–Kier alpha value is -0.620. The smallest absolute Gasteiger partial charge is 0.139 e. The van der Waals surface area contributed by atoms with Gasteiger partial charge >= 0.3 is 0 Å². The third-order valence-electron chi connectivity index (χ3n) is 2.59. The molecule has 0 saturated carbocycles. The summed E-state index contributed by atoms with van der Waals surface area (Å²) in [5, 5.41) is 19.0. The molecule has 0 spiro atoms. The Morgan fingerprint density at radius 2 is 2.11 bits per heavy atom. The minimum Gasteiger partial charge on any atom is -0.489 e. The number of para-hydroxylation sites is 1. The molecule has 1 aromatic rings. The predicted octanol–water partition coefficient (Wildman–Crippen LogP) is 2.50. The zero-order chi connectivity index (χ0) is 14.1. The maximum absolute atomic E-state index is 9.74. The second-order valence-corrected chi connectivity index (χ2v) is 5.13. The van der Waals surface area contributed by atoms with Crippen LogP contribution in [0, 0.1) is 0 Å². The molecule has 5 heteroatoms. The zero-order valence-electron chi connectivity index (χ0n) is 11.1. The number of hydrogen-bond acceptors (Lipinski definition) is 4. The van der Waals surface area contributed by atoms with E-state index in [1.807, 2.05) is 12.1 Å². The molecule has 0 saturated heterocycles. The molecular weight excluding hydrogens is 312 g/mol. The van der Waals surface area contributed by atoms with Crippen molar-refractivity contribution in [2.75, 3.05) is 19.8 Å². The molecule has 1 atom stereocenters. The van der Waals surface area contributed by atoms with Gasteiger partial charge in [-0.05, 0) is 28.4 Å². The summed E-state index contributed by atoms with van der Waals surface area (Å²) in [4.78, 5) is 0. The lowest BCUT2D eigenvalue weighted by Gasteiger charge is -2.15. The highest BCUT2D eigenvalue weighted by Gasteiger charge is 2.10. The fraction of sp³-hybridized carbons (Fsp3) is 0.571. The Kier molecular flexibility index (Phi) is 8.05. The van der Waals surface area contributed by atoms with Crippen LogP contribution >= 0.6 is 15.9 Å². The van der Waals surface area contributed by atoms with Gasteiger partial charge in [0.05, 0.1) is 17.7 Å². The van der Waals surface area contributed by atoms with Gasteiger partial charge in [-0.2, -0.15) is 0 Å². The highest BCUT2D eigenvalue weighted by atomic mass is 79.9. The first-order valence-corrected chi connectivity index (χ1v) is 7.25. The molecule has 0 aromatic heterocycles. The molecule has 1 unspecified atom stereocenters. The van der Waals surface area contributed by atoms with Gasteiger partial charge < -0.3 is 19.7 Å². The van der Waals surface area contributed by atoms with Crippen LogP contribution in [0.2, 0.25) is 0 Å². The van der Waals surface area contributed by atoms with E-state index in [4.69, 9.17) is 9.47 Å². The van der Waals surface area contributed by atoms with E-state index in [2.05, 4.69) is 22.9 Å². The van der Waals surface area contributed by atoms with Crippen LogP contribution in [0.1, 0.15) is 25.3 Å². The van der Waals surface area contributed by atoms with E-state index in [9.17, 15) is 10.2 Å². The minimum absolute atomic E-state index is 0.0993. The SMILES string of the molecule is CCCCOCC(O)COc1c(Br)cccc1CO. The van der Waals surface area contributed by atoms with Crippen molar-refractivity contribution in [2.24, 2.45) is 0 Å². The summed E-state index contributed by atoms with van der Waals surface area (Å²) in [6.45, 7) is 3.05. The topological polar surface area (TPSA) is 58.9 Å². The van der Waals surface area contributed by atoms with Gasteiger partial charge in [-0.1, -0.05) is 25.5 Å². The van der Waals surface area contributed by atoms with Crippen LogP contribution in [0.25, 0.3) is 0 Å². The van der Waals surface area contributed by atoms with Crippen molar-refractivity contribution in [3.05, 3.63) is 28.2 Å². The fourth-order valence-electron chi connectivity index (χ4n) is 1.53. The Labute approximate surface area is 122 Å². The van der Waals surface area contributed by atoms with E-state index >= 15 is 0 Å². The Morgan fingerprint density at radius 3 is 2.79 bits per heavy atom. The van der Waals surface area contributed by atoms with Crippen LogP contribution in [-0.2, 0) is 11.3 Å². The number of ether oxygens (including phenoxy) is 2. The predicted molar refractivity (Wildman–Crippen MR) is 77.3 cm³/mol. The van der Waals surface area contributed by atoms with Crippen LogP contribution in [0.3, 0.4) is 0 Å². The van der Waals surface area contributed by atoms with Gasteiger partial charge in [-0.25, -0.2) is 0 Å². The first kappa shape index (κ1) is 16.4. The summed E-state index contributed by atoms with van der Waals surface area (Å²) in [5.41, 5.74) is 0.688. The molecule has 0 fully saturated rings. The number of unbranched alkanes of at least 4 members (excludes halogenated alkanes) is 1. The van der Waals surface area contributed by atoms with Gasteiger partial charge in [0.25, 0.3) is 0 Å². The number of halogens is 1. The van der Waals surface area contributed by atoms with Crippen molar-refractivity contribution in [3.63, 3.8) is 0 Å². The summed E-state index contributed by atoms with van der Waals surface area (Å²) in [7, 11) is 0. The summed E-state index contributed by atoms with van der Waals surface area (Å²) >= 11 is 3.36. The number of aliphatic hydroxyl groups is 2. The molecule has 0 aliphatic heterocycles. The monoisotopic (exact) mass is 332 g/mol. The number of aliphatic hydroxyl groups excluding tert-OH is 2. The highest BCUT2D eigenvalue weighted by Crippen LogP contribution is 2.29. The Balaban J connectivity index is 2.39. The van der Waals surface area contributed by atoms with E-state index < -0.39 is 6.10 Å². The van der Waals surface area contributed by atoms with Crippen LogP contribution in [-0.4, -0.2) is 36.1 Å². The second kappa shape index (κ2) is 9.31. The van der Waals surface area contributed by atoms with Crippen LogP contribution in [0.5, 0.6) is 5.75 Å². The largest absolute Gasteiger partial charge is 0.489 e. The van der Waals surface area contributed by atoms with Gasteiger partial charge in [0, 0.05) is 12.2 Å². The molecule has 0 heterocycles. The summed E-state index contributed by atoms with van der Waals surface area (Å²) in [6.07, 6.45) is 1.39. The van der Waals surface area contributed by atoms with Crippen molar-refractivity contribution in [3.8, 4) is 5.75 Å². The Bertz CT molecular complexity index is 370. The molecule has 0 aliphatic carbocycles. The van der Waals surface area contributed by atoms with Crippen molar-refractivity contribution >= 4 is 15.9 Å². The molecule has 1 aromatic carbocycles. The van der Waals surface area contributed by atoms with E-state index in [0.29, 0.717) is 17.9 Å². The minimum atomic E-state index is -0.671. The number of benzene rings is 1. The first-order chi connectivity index (χ1) is 9.19. The maximum atomic E-state index is 9.74. The van der Waals surface area contributed by atoms with E-state index in [1.54, 1.807) is 6.07 Å². The van der Waals surface area contributed by atoms with E-state index in [-0.39, 0.29) is 19.8 Å². The molecule has 4 nitrogen and oxygen atoms in total. The van der Waals surface area contributed by atoms with Crippen molar-refractivity contribution in [1.29, 1.82) is 0 Å². The van der Waals surface area contributed by atoms with Crippen molar-refractivity contribution < 1.29 is 19.7 Å². The third kappa shape index (κ3) is 5.91. The lowest BCUT2D eigenvalue weighted by molar-refractivity contribution is 0.0108. The summed E-state index contributed by atoms with van der Waals surface area (Å²) in [5.74, 6) is 0.567. The quantitative estimate of drug-likeness (QED) is 0.682. The van der Waals surface area contributed by atoms with E-state index in [1.165, 1.54) is 0 Å². The third-order valence-corrected chi connectivity index (χ3v) is 3.22. The van der Waals surface area contributed by atoms with Gasteiger partial charge in [-0.15, -0.1) is 0 Å². The fourth-order valence-corrected chi connectivity index (χ4v) is 2.05. The highest BCUT2D eigenvalue weighted by molar-refractivity contribution is 9.10. The van der Waals surface area contributed by atoms with Crippen molar-refractivity contribution in [2.45, 2.75) is 32.5 Å². The average molecular weight is 333 g/mol. The normalized spacial score (nSPS) is 12.4. The Morgan fingerprint density at radius 1 is 1.32 bits per heavy atom. The molecule has 108 valence electrons. The summed E-state index contributed by atoms with van der Waals surface area (Å²) < 4.78 is 11.6. The lowest BCUT2D eigenvalue weighted by atomic mass is 10.2. The van der Waals surface area contributed by atoms with Gasteiger partial charge in [-0.3, -0.25) is 0 Å². The molecule has 1 rings (SSSR count). The van der Waals surface area contributed by atoms with Crippen molar-refractivity contribution in [1.82, 2.24) is 0 Å². The van der Waals surface area contributed by atoms with Crippen LogP contribution in [0.4, 0.5) is 0 Å². The molecular formula is C14H21BrO4. The molecule has 19 heavy (non-hydrogen) atoms. The average Bonchev–Trinajstić information content (AvgIpc) is 2.42. The molecule has 0 radical (unpaired) electrons. The van der Waals surface area contributed by atoms with Crippen LogP contribution in [0.15, 0.2) is 22.7 Å². The standard InChI is InChI=1S/C14H21BrO4/c1-2-3-7-18-9-12(17)10-19-14-11(8-16)5-4-6-13(14)15/h4-6,12,16-17H,2-3,7-10H2,1H3. The molecule has 0 aliphatic rings. The van der Waals surface area contributed by atoms with Crippen LogP contribution < -0.4 is 4.74 Å². The van der Waals surface area contributed by atoms with Gasteiger partial charge in [0.1, 0.15) is 18.5 Å². The van der Waals surface area contributed by atoms with E-state index in [0.717, 1.165) is 17.3 Å². The van der Waals surface area contributed by atoms with Gasteiger partial charge in [0.2, 0.25) is 0 Å². The van der Waals surface area contributed by atoms with Gasteiger partial charge in [0.15, 0.2) is 0 Å². The maximum Gasteiger partial charge on any atom is 0.139 e. The number of rotatable bonds is 9. The molecule has 0 bridgehead atoms.